The van der Waals surface area contributed by atoms with E-state index in [4.69, 9.17) is 4.74 Å². The standard InChI is InChI=1S/C16H22N6O2/c1-12-18-13(2)22(20-12)10-15-9-21(7-8-24-15)11-16(23)19-14-3-5-17-6-4-14/h3-6,15H,7-11H2,1-2H3,(H,17,19,23)/t15-/m1/s1. The summed E-state index contributed by atoms with van der Waals surface area (Å²) >= 11 is 0. The fourth-order valence-corrected chi connectivity index (χ4v) is 2.80. The summed E-state index contributed by atoms with van der Waals surface area (Å²) in [5.74, 6) is 1.61. The minimum atomic E-state index is -0.0327. The van der Waals surface area contributed by atoms with Gasteiger partial charge in [-0.1, -0.05) is 0 Å². The van der Waals surface area contributed by atoms with Gasteiger partial charge in [-0.2, -0.15) is 5.10 Å². The van der Waals surface area contributed by atoms with Crippen molar-refractivity contribution in [1.29, 1.82) is 0 Å². The Balaban J connectivity index is 1.52. The molecule has 1 aliphatic heterocycles. The molecule has 1 amide bonds. The summed E-state index contributed by atoms with van der Waals surface area (Å²) in [4.78, 5) is 22.5. The van der Waals surface area contributed by atoms with Crippen LogP contribution in [0.1, 0.15) is 11.6 Å². The Morgan fingerprint density at radius 1 is 1.38 bits per heavy atom. The van der Waals surface area contributed by atoms with Gasteiger partial charge >= 0.3 is 0 Å². The van der Waals surface area contributed by atoms with Gasteiger partial charge in [0, 0.05) is 31.2 Å². The Labute approximate surface area is 140 Å². The molecule has 3 heterocycles. The normalized spacial score (nSPS) is 18.5. The van der Waals surface area contributed by atoms with Gasteiger partial charge in [-0.25, -0.2) is 9.67 Å². The first-order chi connectivity index (χ1) is 11.6. The van der Waals surface area contributed by atoms with Crippen molar-refractivity contribution in [2.24, 2.45) is 0 Å². The Hall–Kier alpha value is -2.32. The van der Waals surface area contributed by atoms with Crippen molar-refractivity contribution >= 4 is 11.6 Å². The average Bonchev–Trinajstić information content (AvgIpc) is 2.86. The summed E-state index contributed by atoms with van der Waals surface area (Å²) in [6.07, 6.45) is 3.32. The molecule has 0 saturated carbocycles. The molecule has 1 fully saturated rings. The second-order valence-electron chi connectivity index (χ2n) is 5.90. The molecule has 2 aromatic heterocycles. The first kappa shape index (κ1) is 16.5. The van der Waals surface area contributed by atoms with Gasteiger partial charge in [0.25, 0.3) is 0 Å². The van der Waals surface area contributed by atoms with Crippen molar-refractivity contribution in [1.82, 2.24) is 24.6 Å². The highest BCUT2D eigenvalue weighted by Crippen LogP contribution is 2.10. The number of carbonyl (C=O) groups excluding carboxylic acids is 1. The van der Waals surface area contributed by atoms with Crippen LogP contribution in [-0.2, 0) is 16.1 Å². The molecule has 0 unspecified atom stereocenters. The van der Waals surface area contributed by atoms with E-state index in [0.717, 1.165) is 23.9 Å². The Morgan fingerprint density at radius 2 is 2.17 bits per heavy atom. The van der Waals surface area contributed by atoms with E-state index in [2.05, 4.69) is 25.3 Å². The van der Waals surface area contributed by atoms with Crippen molar-refractivity contribution in [2.75, 3.05) is 31.6 Å². The minimum Gasteiger partial charge on any atom is -0.374 e. The predicted molar refractivity (Wildman–Crippen MR) is 88.5 cm³/mol. The number of hydrogen-bond donors (Lipinski definition) is 1. The molecule has 3 rings (SSSR count). The number of amides is 1. The quantitative estimate of drug-likeness (QED) is 0.865. The molecule has 8 nitrogen and oxygen atoms in total. The molecule has 8 heteroatoms. The maximum absolute atomic E-state index is 12.2. The van der Waals surface area contributed by atoms with Crippen LogP contribution in [0.25, 0.3) is 0 Å². The number of nitrogens with zero attached hydrogens (tertiary/aromatic N) is 5. The molecular weight excluding hydrogens is 308 g/mol. The predicted octanol–water partition coefficient (Wildman–Crippen LogP) is 0.629. The van der Waals surface area contributed by atoms with E-state index in [-0.39, 0.29) is 12.0 Å². The van der Waals surface area contributed by atoms with Gasteiger partial charge in [-0.05, 0) is 26.0 Å². The fraction of sp³-hybridized carbons (Fsp3) is 0.500. The van der Waals surface area contributed by atoms with E-state index in [1.165, 1.54) is 0 Å². The van der Waals surface area contributed by atoms with Crippen LogP contribution in [-0.4, -0.2) is 62.9 Å². The van der Waals surface area contributed by atoms with Crippen LogP contribution in [0.2, 0.25) is 0 Å². The highest BCUT2D eigenvalue weighted by atomic mass is 16.5. The number of aryl methyl sites for hydroxylation is 2. The largest absolute Gasteiger partial charge is 0.374 e. The number of pyridine rings is 1. The number of anilines is 1. The lowest BCUT2D eigenvalue weighted by molar-refractivity contribution is -0.119. The second kappa shape index (κ2) is 7.50. The number of rotatable bonds is 5. The van der Waals surface area contributed by atoms with Crippen molar-refractivity contribution < 1.29 is 9.53 Å². The lowest BCUT2D eigenvalue weighted by Gasteiger charge is -2.32. The van der Waals surface area contributed by atoms with Gasteiger partial charge in [-0.3, -0.25) is 14.7 Å². The third-order valence-corrected chi connectivity index (χ3v) is 3.89. The third kappa shape index (κ3) is 4.36. The molecule has 1 N–H and O–H groups in total. The fourth-order valence-electron chi connectivity index (χ4n) is 2.80. The van der Waals surface area contributed by atoms with Crippen molar-refractivity contribution in [3.05, 3.63) is 36.2 Å². The number of hydrogen-bond acceptors (Lipinski definition) is 6. The summed E-state index contributed by atoms with van der Waals surface area (Å²) < 4.78 is 7.67. The second-order valence-corrected chi connectivity index (χ2v) is 5.90. The van der Waals surface area contributed by atoms with Crippen LogP contribution in [0.15, 0.2) is 24.5 Å². The zero-order chi connectivity index (χ0) is 16.9. The molecule has 0 aromatic carbocycles. The first-order valence-electron chi connectivity index (χ1n) is 8.02. The molecule has 1 atom stereocenters. The van der Waals surface area contributed by atoms with Crippen LogP contribution >= 0.6 is 0 Å². The molecule has 24 heavy (non-hydrogen) atoms. The van der Waals surface area contributed by atoms with Gasteiger partial charge in [0.15, 0.2) is 0 Å². The summed E-state index contributed by atoms with van der Waals surface area (Å²) in [5, 5.41) is 7.25. The van der Waals surface area contributed by atoms with Gasteiger partial charge < -0.3 is 10.1 Å². The van der Waals surface area contributed by atoms with Gasteiger partial charge in [0.05, 0.1) is 25.8 Å². The topological polar surface area (TPSA) is 85.2 Å². The van der Waals surface area contributed by atoms with Crippen LogP contribution in [0.5, 0.6) is 0 Å². The van der Waals surface area contributed by atoms with Crippen LogP contribution < -0.4 is 5.32 Å². The van der Waals surface area contributed by atoms with Crippen LogP contribution in [0, 0.1) is 13.8 Å². The number of nitrogens with one attached hydrogen (secondary N) is 1. The van der Waals surface area contributed by atoms with E-state index in [0.29, 0.717) is 26.2 Å². The number of carbonyl (C=O) groups is 1. The van der Waals surface area contributed by atoms with E-state index in [1.54, 1.807) is 24.5 Å². The van der Waals surface area contributed by atoms with Gasteiger partial charge in [-0.15, -0.1) is 0 Å². The molecular formula is C16H22N6O2. The highest BCUT2D eigenvalue weighted by molar-refractivity contribution is 5.92. The molecule has 0 bridgehead atoms. The lowest BCUT2D eigenvalue weighted by Crippen LogP contribution is -2.47. The molecule has 128 valence electrons. The van der Waals surface area contributed by atoms with Crippen LogP contribution in [0.4, 0.5) is 5.69 Å². The molecule has 0 aliphatic carbocycles. The summed E-state index contributed by atoms with van der Waals surface area (Å²) in [6, 6.07) is 3.55. The molecule has 0 spiro atoms. The maximum Gasteiger partial charge on any atom is 0.238 e. The molecule has 0 radical (unpaired) electrons. The summed E-state index contributed by atoms with van der Waals surface area (Å²) in [5.41, 5.74) is 0.758. The number of aromatic nitrogens is 4. The van der Waals surface area contributed by atoms with E-state index < -0.39 is 0 Å². The van der Waals surface area contributed by atoms with Crippen LogP contribution in [0.3, 0.4) is 0 Å². The number of morpholine rings is 1. The van der Waals surface area contributed by atoms with Gasteiger partial charge in [0.1, 0.15) is 11.6 Å². The van der Waals surface area contributed by atoms with E-state index >= 15 is 0 Å². The Kier molecular flexibility index (Phi) is 5.17. The summed E-state index contributed by atoms with van der Waals surface area (Å²) in [7, 11) is 0. The van der Waals surface area contributed by atoms with Crippen molar-refractivity contribution in [3.8, 4) is 0 Å². The highest BCUT2D eigenvalue weighted by Gasteiger charge is 2.23. The summed E-state index contributed by atoms with van der Waals surface area (Å²) in [6.45, 7) is 6.86. The van der Waals surface area contributed by atoms with E-state index in [9.17, 15) is 4.79 Å². The zero-order valence-electron chi connectivity index (χ0n) is 14.0. The van der Waals surface area contributed by atoms with Crippen molar-refractivity contribution in [2.45, 2.75) is 26.5 Å². The SMILES string of the molecule is Cc1nc(C)n(C[C@H]2CN(CC(=O)Nc3ccncc3)CCO2)n1. The smallest absolute Gasteiger partial charge is 0.238 e. The molecule has 1 saturated heterocycles. The Bertz CT molecular complexity index is 687. The van der Waals surface area contributed by atoms with Gasteiger partial charge in [0.2, 0.25) is 5.91 Å². The maximum atomic E-state index is 12.2. The van der Waals surface area contributed by atoms with Crippen molar-refractivity contribution in [3.63, 3.8) is 0 Å². The Morgan fingerprint density at radius 3 is 2.88 bits per heavy atom. The number of ether oxygens (including phenoxy) is 1. The molecule has 2 aromatic rings. The minimum absolute atomic E-state index is 0.00674. The molecule has 1 aliphatic rings. The lowest BCUT2D eigenvalue weighted by atomic mass is 10.2. The first-order valence-corrected chi connectivity index (χ1v) is 8.02. The third-order valence-electron chi connectivity index (χ3n) is 3.89. The average molecular weight is 330 g/mol. The monoisotopic (exact) mass is 330 g/mol. The van der Waals surface area contributed by atoms with E-state index in [1.807, 2.05) is 18.5 Å². The zero-order valence-corrected chi connectivity index (χ0v) is 14.0.